The molecule has 29 heavy (non-hydrogen) atoms. The first-order valence-corrected chi connectivity index (χ1v) is 12.0. The van der Waals surface area contributed by atoms with Crippen LogP contribution in [0.4, 0.5) is 5.69 Å². The van der Waals surface area contributed by atoms with Crippen LogP contribution in [0.3, 0.4) is 0 Å². The van der Waals surface area contributed by atoms with E-state index in [0.29, 0.717) is 37.4 Å². The highest BCUT2D eigenvalue weighted by Gasteiger charge is 2.32. The fourth-order valence-corrected chi connectivity index (χ4v) is 5.58. The summed E-state index contributed by atoms with van der Waals surface area (Å²) >= 11 is 1.15. The van der Waals surface area contributed by atoms with Gasteiger partial charge >= 0.3 is 0 Å². The predicted molar refractivity (Wildman–Crippen MR) is 111 cm³/mol. The quantitative estimate of drug-likeness (QED) is 0.785. The highest BCUT2D eigenvalue weighted by Crippen LogP contribution is 2.28. The lowest BCUT2D eigenvalue weighted by atomic mass is 9.84. The maximum Gasteiger partial charge on any atom is 0.271 e. The van der Waals surface area contributed by atoms with Gasteiger partial charge < -0.3 is 9.80 Å². The smallest absolute Gasteiger partial charge is 0.271 e. The van der Waals surface area contributed by atoms with Gasteiger partial charge in [0.25, 0.3) is 15.9 Å². The average molecular weight is 434 g/mol. The summed E-state index contributed by atoms with van der Waals surface area (Å²) < 4.78 is 27.3. The van der Waals surface area contributed by atoms with Gasteiger partial charge in [0.05, 0.1) is 0 Å². The summed E-state index contributed by atoms with van der Waals surface area (Å²) in [6.45, 7) is 2.17. The predicted octanol–water partition coefficient (Wildman–Crippen LogP) is 2.63. The number of hydrogen-bond acceptors (Lipinski definition) is 5. The molecule has 1 saturated heterocycles. The largest absolute Gasteiger partial charge is 0.339 e. The van der Waals surface area contributed by atoms with E-state index in [4.69, 9.17) is 0 Å². The van der Waals surface area contributed by atoms with Gasteiger partial charge in [-0.05, 0) is 48.6 Å². The van der Waals surface area contributed by atoms with Crippen molar-refractivity contribution in [3.05, 3.63) is 47.3 Å². The Kier molecular flexibility index (Phi) is 5.60. The van der Waals surface area contributed by atoms with Crippen LogP contribution in [0.5, 0.6) is 0 Å². The fourth-order valence-electron chi connectivity index (χ4n) is 3.53. The van der Waals surface area contributed by atoms with E-state index in [-0.39, 0.29) is 21.9 Å². The van der Waals surface area contributed by atoms with Crippen molar-refractivity contribution >= 4 is 38.9 Å². The van der Waals surface area contributed by atoms with Crippen molar-refractivity contribution in [2.24, 2.45) is 5.92 Å². The molecule has 0 atom stereocenters. The van der Waals surface area contributed by atoms with Gasteiger partial charge in [0.2, 0.25) is 5.91 Å². The molecule has 1 aromatic carbocycles. The van der Waals surface area contributed by atoms with Crippen LogP contribution < -0.4 is 4.72 Å². The molecular weight excluding hydrogens is 410 g/mol. The van der Waals surface area contributed by atoms with Crippen LogP contribution in [-0.4, -0.2) is 56.2 Å². The van der Waals surface area contributed by atoms with E-state index in [1.54, 1.807) is 46.7 Å². The van der Waals surface area contributed by atoms with E-state index in [1.807, 2.05) is 4.90 Å². The SMILES string of the molecule is O=C(c1ccc(NS(=O)(=O)c2cccs2)cc1)N1CCN(C(=O)C2CCC2)CC1. The molecule has 1 aliphatic heterocycles. The molecule has 2 aliphatic rings. The molecule has 7 nitrogen and oxygen atoms in total. The normalized spacial score (nSPS) is 17.7. The van der Waals surface area contributed by atoms with Crippen LogP contribution >= 0.6 is 11.3 Å². The van der Waals surface area contributed by atoms with Crippen molar-refractivity contribution in [2.45, 2.75) is 23.5 Å². The number of thiophene rings is 1. The summed E-state index contributed by atoms with van der Waals surface area (Å²) in [5, 5.41) is 1.70. The topological polar surface area (TPSA) is 86.8 Å². The van der Waals surface area contributed by atoms with Crippen LogP contribution in [0.25, 0.3) is 0 Å². The number of piperazine rings is 1. The van der Waals surface area contributed by atoms with Gasteiger partial charge in [0.1, 0.15) is 4.21 Å². The van der Waals surface area contributed by atoms with Gasteiger partial charge in [0, 0.05) is 43.3 Å². The molecule has 0 spiro atoms. The third kappa shape index (κ3) is 4.30. The Balaban J connectivity index is 1.34. The van der Waals surface area contributed by atoms with Crippen LogP contribution in [-0.2, 0) is 14.8 Å². The number of benzene rings is 1. The lowest BCUT2D eigenvalue weighted by Crippen LogP contribution is -2.52. The molecule has 0 unspecified atom stereocenters. The second-order valence-electron chi connectivity index (χ2n) is 7.36. The van der Waals surface area contributed by atoms with Crippen LogP contribution in [0.15, 0.2) is 46.0 Å². The summed E-state index contributed by atoms with van der Waals surface area (Å²) in [4.78, 5) is 28.7. The van der Waals surface area contributed by atoms with Gasteiger partial charge in [-0.15, -0.1) is 11.3 Å². The Hall–Kier alpha value is -2.39. The maximum absolute atomic E-state index is 12.7. The molecule has 4 rings (SSSR count). The monoisotopic (exact) mass is 433 g/mol. The number of anilines is 1. The van der Waals surface area contributed by atoms with Crippen molar-refractivity contribution in [1.82, 2.24) is 9.80 Å². The summed E-state index contributed by atoms with van der Waals surface area (Å²) in [5.74, 6) is 0.307. The third-order valence-electron chi connectivity index (χ3n) is 5.48. The van der Waals surface area contributed by atoms with Gasteiger partial charge in [-0.2, -0.15) is 0 Å². The minimum absolute atomic E-state index is 0.103. The van der Waals surface area contributed by atoms with E-state index >= 15 is 0 Å². The van der Waals surface area contributed by atoms with Gasteiger partial charge in [-0.3, -0.25) is 14.3 Å². The number of nitrogens with zero attached hydrogens (tertiary/aromatic N) is 2. The number of carbonyl (C=O) groups excluding carboxylic acids is 2. The van der Waals surface area contributed by atoms with Crippen LogP contribution in [0.2, 0.25) is 0 Å². The fraction of sp³-hybridized carbons (Fsp3) is 0.400. The first-order chi connectivity index (χ1) is 13.9. The number of rotatable bonds is 5. The second kappa shape index (κ2) is 8.16. The summed E-state index contributed by atoms with van der Waals surface area (Å²) in [5.41, 5.74) is 0.911. The first-order valence-electron chi connectivity index (χ1n) is 9.68. The molecule has 9 heteroatoms. The van der Waals surface area contributed by atoms with Gasteiger partial charge in [-0.1, -0.05) is 12.5 Å². The lowest BCUT2D eigenvalue weighted by molar-refractivity contribution is -0.139. The van der Waals surface area contributed by atoms with Gasteiger partial charge in [-0.25, -0.2) is 8.42 Å². The molecule has 0 bridgehead atoms. The van der Waals surface area contributed by atoms with Crippen molar-refractivity contribution in [2.75, 3.05) is 30.9 Å². The van der Waals surface area contributed by atoms with E-state index < -0.39 is 10.0 Å². The van der Waals surface area contributed by atoms with E-state index in [0.717, 1.165) is 30.6 Å². The Morgan fingerprint density at radius 3 is 2.17 bits per heavy atom. The molecular formula is C20H23N3O4S2. The number of hydrogen-bond donors (Lipinski definition) is 1. The van der Waals surface area contributed by atoms with Crippen LogP contribution in [0.1, 0.15) is 29.6 Å². The molecule has 2 heterocycles. The number of sulfonamides is 1. The molecule has 0 radical (unpaired) electrons. The Morgan fingerprint density at radius 2 is 1.62 bits per heavy atom. The molecule has 154 valence electrons. The van der Waals surface area contributed by atoms with E-state index in [1.165, 1.54) is 0 Å². The molecule has 2 aromatic rings. The number of amides is 2. The average Bonchev–Trinajstić information content (AvgIpc) is 3.22. The summed E-state index contributed by atoms with van der Waals surface area (Å²) in [6.07, 6.45) is 3.11. The van der Waals surface area contributed by atoms with Crippen molar-refractivity contribution in [3.63, 3.8) is 0 Å². The maximum atomic E-state index is 12.7. The zero-order valence-corrected chi connectivity index (χ0v) is 17.5. The zero-order valence-electron chi connectivity index (χ0n) is 15.9. The summed E-state index contributed by atoms with van der Waals surface area (Å²) in [6, 6.07) is 9.66. The number of carbonyl (C=O) groups is 2. The molecule has 2 fully saturated rings. The zero-order chi connectivity index (χ0) is 20.4. The summed E-state index contributed by atoms with van der Waals surface area (Å²) in [7, 11) is -3.61. The Labute approximate surface area is 174 Å². The van der Waals surface area contributed by atoms with Crippen molar-refractivity contribution in [1.29, 1.82) is 0 Å². The van der Waals surface area contributed by atoms with E-state index in [9.17, 15) is 18.0 Å². The van der Waals surface area contributed by atoms with Crippen LogP contribution in [0, 0.1) is 5.92 Å². The lowest BCUT2D eigenvalue weighted by Gasteiger charge is -2.38. The minimum atomic E-state index is -3.61. The van der Waals surface area contributed by atoms with Gasteiger partial charge in [0.15, 0.2) is 0 Å². The standard InChI is InChI=1S/C20H23N3O4S2/c24-19(15-3-1-4-15)22-10-12-23(13-11-22)20(25)16-6-8-17(9-7-16)21-29(26,27)18-5-2-14-28-18/h2,5-9,14-15,21H,1,3-4,10-13H2. The molecule has 2 amide bonds. The highest BCUT2D eigenvalue weighted by atomic mass is 32.2. The van der Waals surface area contributed by atoms with Crippen molar-refractivity contribution in [3.8, 4) is 0 Å². The Morgan fingerprint density at radius 1 is 0.966 bits per heavy atom. The number of nitrogens with one attached hydrogen (secondary N) is 1. The Bertz CT molecular complexity index is 975. The molecule has 1 aromatic heterocycles. The minimum Gasteiger partial charge on any atom is -0.339 e. The molecule has 1 aliphatic carbocycles. The van der Waals surface area contributed by atoms with Crippen molar-refractivity contribution < 1.29 is 18.0 Å². The highest BCUT2D eigenvalue weighted by molar-refractivity contribution is 7.94. The third-order valence-corrected chi connectivity index (χ3v) is 8.26. The first kappa shape index (κ1) is 19.9. The second-order valence-corrected chi connectivity index (χ2v) is 10.2. The van der Waals surface area contributed by atoms with E-state index in [2.05, 4.69) is 4.72 Å². The molecule has 1 N–H and O–H groups in total. The molecule has 1 saturated carbocycles.